The molecule has 0 saturated heterocycles. The zero-order valence-corrected chi connectivity index (χ0v) is 13.6. The Balaban J connectivity index is 1.82. The van der Waals surface area contributed by atoms with E-state index in [1.165, 1.54) is 6.33 Å². The summed E-state index contributed by atoms with van der Waals surface area (Å²) in [4.78, 5) is 18.5. The van der Waals surface area contributed by atoms with Gasteiger partial charge in [0.1, 0.15) is 11.8 Å². The second-order valence-electron chi connectivity index (χ2n) is 5.48. The van der Waals surface area contributed by atoms with Gasteiger partial charge in [-0.3, -0.25) is 0 Å². The van der Waals surface area contributed by atoms with Gasteiger partial charge in [-0.2, -0.15) is 0 Å². The smallest absolute Gasteiger partial charge is 0.165 e. The van der Waals surface area contributed by atoms with Crippen LogP contribution in [-0.2, 0) is 13.1 Å². The molecule has 3 N–H and O–H groups in total. The summed E-state index contributed by atoms with van der Waals surface area (Å²) in [6, 6.07) is 5.70. The molecule has 4 aromatic rings. The standard InChI is InChI=1S/C15H12ClN9/c16-11-2-1-8-3-9(4-22-24-18)23-12(8)10(11)5-25-7-21-13-14(17)19-6-20-15(13)25/h1-3,6-7,23H,4-5H2,(H2,17,19,20). The molecule has 1 aromatic carbocycles. The molecule has 124 valence electrons. The summed E-state index contributed by atoms with van der Waals surface area (Å²) in [6.07, 6.45) is 3.07. The van der Waals surface area contributed by atoms with Gasteiger partial charge in [0.15, 0.2) is 11.5 Å². The topological polar surface area (TPSA) is 134 Å². The van der Waals surface area contributed by atoms with E-state index in [1.807, 2.05) is 22.8 Å². The molecule has 25 heavy (non-hydrogen) atoms. The van der Waals surface area contributed by atoms with Crippen LogP contribution in [0.1, 0.15) is 11.3 Å². The van der Waals surface area contributed by atoms with E-state index in [-0.39, 0.29) is 6.54 Å². The quantitative estimate of drug-likeness (QED) is 0.330. The lowest BCUT2D eigenvalue weighted by atomic mass is 10.1. The molecular weight excluding hydrogens is 342 g/mol. The Kier molecular flexibility index (Phi) is 3.64. The van der Waals surface area contributed by atoms with Gasteiger partial charge in [-0.1, -0.05) is 22.8 Å². The first-order valence-electron chi connectivity index (χ1n) is 7.38. The molecule has 4 rings (SSSR count). The molecule has 0 atom stereocenters. The van der Waals surface area contributed by atoms with Crippen molar-refractivity contribution < 1.29 is 0 Å². The first kappa shape index (κ1) is 15.3. The molecule has 0 saturated carbocycles. The summed E-state index contributed by atoms with van der Waals surface area (Å²) < 4.78 is 1.86. The van der Waals surface area contributed by atoms with E-state index in [0.717, 1.165) is 22.2 Å². The SMILES string of the molecule is [N-]=[N+]=NCc1cc2ccc(Cl)c(Cn3cnc4c(N)ncnc43)c2[nH]1. The molecule has 0 fully saturated rings. The van der Waals surface area contributed by atoms with Gasteiger partial charge in [-0.15, -0.1) is 0 Å². The van der Waals surface area contributed by atoms with Crippen molar-refractivity contribution >= 4 is 39.5 Å². The van der Waals surface area contributed by atoms with Gasteiger partial charge >= 0.3 is 0 Å². The third-order valence-electron chi connectivity index (χ3n) is 3.97. The number of nitrogen functional groups attached to an aromatic ring is 1. The third-order valence-corrected chi connectivity index (χ3v) is 4.32. The van der Waals surface area contributed by atoms with Gasteiger partial charge in [0.25, 0.3) is 0 Å². The number of halogens is 1. The first-order chi connectivity index (χ1) is 12.2. The number of nitrogens with two attached hydrogens (primary N) is 1. The van der Waals surface area contributed by atoms with E-state index >= 15 is 0 Å². The van der Waals surface area contributed by atoms with E-state index in [9.17, 15) is 0 Å². The number of rotatable bonds is 4. The van der Waals surface area contributed by atoms with Crippen molar-refractivity contribution in [1.29, 1.82) is 0 Å². The van der Waals surface area contributed by atoms with Crippen molar-refractivity contribution in [2.24, 2.45) is 5.11 Å². The van der Waals surface area contributed by atoms with E-state index in [2.05, 4.69) is 30.0 Å². The minimum Gasteiger partial charge on any atom is -0.382 e. The lowest BCUT2D eigenvalue weighted by Crippen LogP contribution is -2.02. The molecule has 0 aliphatic carbocycles. The summed E-state index contributed by atoms with van der Waals surface area (Å²) >= 11 is 6.42. The number of benzene rings is 1. The molecule has 0 unspecified atom stereocenters. The summed E-state index contributed by atoms with van der Waals surface area (Å²) in [5, 5.41) is 5.19. The Morgan fingerprint density at radius 3 is 3.04 bits per heavy atom. The predicted molar refractivity (Wildman–Crippen MR) is 95.0 cm³/mol. The van der Waals surface area contributed by atoms with Crippen LogP contribution in [0, 0.1) is 0 Å². The minimum atomic E-state index is 0.250. The molecular formula is C15H12ClN9. The highest BCUT2D eigenvalue weighted by Gasteiger charge is 2.13. The molecule has 0 aliphatic heterocycles. The molecule has 3 heterocycles. The zero-order chi connectivity index (χ0) is 17.4. The summed E-state index contributed by atoms with van der Waals surface area (Å²) in [5.41, 5.74) is 18.1. The Labute approximate surface area is 146 Å². The Hall–Kier alpha value is -3.29. The van der Waals surface area contributed by atoms with Gasteiger partial charge in [0.2, 0.25) is 0 Å². The maximum absolute atomic E-state index is 8.49. The van der Waals surface area contributed by atoms with E-state index < -0.39 is 0 Å². The monoisotopic (exact) mass is 353 g/mol. The molecule has 3 aromatic heterocycles. The van der Waals surface area contributed by atoms with E-state index in [0.29, 0.717) is 28.5 Å². The average molecular weight is 354 g/mol. The molecule has 0 radical (unpaired) electrons. The lowest BCUT2D eigenvalue weighted by molar-refractivity contribution is 0.817. The second-order valence-corrected chi connectivity index (χ2v) is 5.88. The van der Waals surface area contributed by atoms with Crippen molar-refractivity contribution in [3.05, 3.63) is 57.6 Å². The molecule has 0 aliphatic rings. The van der Waals surface area contributed by atoms with Gasteiger partial charge < -0.3 is 15.3 Å². The minimum absolute atomic E-state index is 0.250. The number of aromatic nitrogens is 5. The fourth-order valence-corrected chi connectivity index (χ4v) is 3.04. The average Bonchev–Trinajstić information content (AvgIpc) is 3.20. The summed E-state index contributed by atoms with van der Waals surface area (Å²) in [5.74, 6) is 0.338. The molecule has 0 bridgehead atoms. The first-order valence-corrected chi connectivity index (χ1v) is 7.76. The fourth-order valence-electron chi connectivity index (χ4n) is 2.83. The number of imidazole rings is 1. The van der Waals surface area contributed by atoms with Crippen LogP contribution in [0.4, 0.5) is 5.82 Å². The normalized spacial score (nSPS) is 11.1. The molecule has 0 spiro atoms. The largest absolute Gasteiger partial charge is 0.382 e. The van der Waals surface area contributed by atoms with E-state index in [4.69, 9.17) is 22.9 Å². The predicted octanol–water partition coefficient (Wildman–Crippen LogP) is 3.40. The van der Waals surface area contributed by atoms with Crippen molar-refractivity contribution in [3.8, 4) is 0 Å². The Morgan fingerprint density at radius 2 is 2.20 bits per heavy atom. The van der Waals surface area contributed by atoms with E-state index in [1.54, 1.807) is 6.33 Å². The van der Waals surface area contributed by atoms with Crippen LogP contribution in [0.5, 0.6) is 0 Å². The van der Waals surface area contributed by atoms with Crippen LogP contribution in [0.25, 0.3) is 32.5 Å². The number of hydrogen-bond donors (Lipinski definition) is 2. The van der Waals surface area contributed by atoms with Crippen LogP contribution >= 0.6 is 11.6 Å². The highest BCUT2D eigenvalue weighted by molar-refractivity contribution is 6.32. The number of fused-ring (bicyclic) bond motifs is 2. The van der Waals surface area contributed by atoms with Crippen molar-refractivity contribution in [2.45, 2.75) is 13.1 Å². The number of H-pyrrole nitrogens is 1. The maximum Gasteiger partial charge on any atom is 0.165 e. The fraction of sp³-hybridized carbons (Fsp3) is 0.133. The molecule has 9 nitrogen and oxygen atoms in total. The van der Waals surface area contributed by atoms with Crippen molar-refractivity contribution in [3.63, 3.8) is 0 Å². The van der Waals surface area contributed by atoms with Gasteiger partial charge in [0.05, 0.1) is 24.9 Å². The Morgan fingerprint density at radius 1 is 1.32 bits per heavy atom. The van der Waals surface area contributed by atoms with Crippen LogP contribution in [-0.4, -0.2) is 24.5 Å². The number of hydrogen-bond acceptors (Lipinski definition) is 5. The number of nitrogens with one attached hydrogen (secondary N) is 1. The third kappa shape index (κ3) is 2.61. The number of anilines is 1. The van der Waals surface area contributed by atoms with Gasteiger partial charge in [0, 0.05) is 26.6 Å². The maximum atomic E-state index is 8.49. The highest BCUT2D eigenvalue weighted by Crippen LogP contribution is 2.28. The summed E-state index contributed by atoms with van der Waals surface area (Å²) in [6.45, 7) is 0.713. The molecule has 10 heteroatoms. The van der Waals surface area contributed by atoms with Gasteiger partial charge in [-0.05, 0) is 17.7 Å². The lowest BCUT2D eigenvalue weighted by Gasteiger charge is -2.08. The number of nitrogens with zero attached hydrogens (tertiary/aromatic N) is 7. The van der Waals surface area contributed by atoms with Crippen LogP contribution in [0.15, 0.2) is 36.0 Å². The van der Waals surface area contributed by atoms with Crippen LogP contribution < -0.4 is 5.73 Å². The summed E-state index contributed by atoms with van der Waals surface area (Å²) in [7, 11) is 0. The van der Waals surface area contributed by atoms with Gasteiger partial charge in [-0.25, -0.2) is 15.0 Å². The highest BCUT2D eigenvalue weighted by atomic mass is 35.5. The van der Waals surface area contributed by atoms with Crippen LogP contribution in [0.3, 0.4) is 0 Å². The van der Waals surface area contributed by atoms with Crippen molar-refractivity contribution in [1.82, 2.24) is 24.5 Å². The number of azide groups is 1. The Bertz CT molecular complexity index is 1140. The van der Waals surface area contributed by atoms with Crippen molar-refractivity contribution in [2.75, 3.05) is 5.73 Å². The second kappa shape index (κ2) is 5.97. The molecule has 0 amide bonds. The zero-order valence-electron chi connectivity index (χ0n) is 12.9. The number of aromatic amines is 1. The van der Waals surface area contributed by atoms with Crippen LogP contribution in [0.2, 0.25) is 5.02 Å².